The number of hydrogen-bond acceptors (Lipinski definition) is 5. The van der Waals surface area contributed by atoms with E-state index in [2.05, 4.69) is 9.72 Å². The highest BCUT2D eigenvalue weighted by Crippen LogP contribution is 2.19. The van der Waals surface area contributed by atoms with Crippen LogP contribution < -0.4 is 0 Å². The van der Waals surface area contributed by atoms with Gasteiger partial charge in [0, 0.05) is 12.5 Å². The molecule has 0 aliphatic carbocycles. The van der Waals surface area contributed by atoms with E-state index in [1.807, 2.05) is 6.92 Å². The van der Waals surface area contributed by atoms with E-state index in [-0.39, 0.29) is 10.7 Å². The Hall–Kier alpha value is -1.89. The van der Waals surface area contributed by atoms with Gasteiger partial charge in [-0.1, -0.05) is 0 Å². The average Bonchev–Trinajstić information content (AvgIpc) is 2.66. The molecule has 0 unspecified atom stereocenters. The van der Waals surface area contributed by atoms with Gasteiger partial charge >= 0.3 is 5.97 Å². The molecule has 96 valence electrons. The summed E-state index contributed by atoms with van der Waals surface area (Å²) in [6.07, 6.45) is 2.60. The molecule has 7 heteroatoms. The Bertz CT molecular complexity index is 731. The number of pyridine rings is 1. The molecule has 0 radical (unpaired) electrons. The maximum Gasteiger partial charge on any atom is 0.358 e. The van der Waals surface area contributed by atoms with Gasteiger partial charge in [0.25, 0.3) is 0 Å². The van der Waals surface area contributed by atoms with E-state index in [1.165, 1.54) is 11.5 Å². The number of carbonyl (C=O) groups excluding carboxylic acids is 1. The number of rotatable bonds is 2. The Morgan fingerprint density at radius 2 is 2.11 bits per heavy atom. The fourth-order valence-electron chi connectivity index (χ4n) is 1.67. The number of sulfone groups is 1. The van der Waals surface area contributed by atoms with Crippen molar-refractivity contribution in [3.05, 3.63) is 29.6 Å². The maximum absolute atomic E-state index is 11.7. The number of esters is 1. The molecule has 0 saturated heterocycles. The van der Waals surface area contributed by atoms with E-state index in [0.717, 1.165) is 11.8 Å². The third-order valence-corrected chi connectivity index (χ3v) is 3.47. The van der Waals surface area contributed by atoms with Crippen LogP contribution in [-0.2, 0) is 14.6 Å². The minimum Gasteiger partial charge on any atom is -0.464 e. The van der Waals surface area contributed by atoms with Crippen molar-refractivity contribution < 1.29 is 17.9 Å². The van der Waals surface area contributed by atoms with E-state index in [1.54, 1.807) is 18.3 Å². The van der Waals surface area contributed by atoms with Gasteiger partial charge in [0.15, 0.2) is 20.6 Å². The molecule has 0 spiro atoms. The molecule has 0 aromatic carbocycles. The van der Waals surface area contributed by atoms with E-state index >= 15 is 0 Å². The van der Waals surface area contributed by atoms with Gasteiger partial charge in [-0.05, 0) is 24.6 Å². The fourth-order valence-corrected chi connectivity index (χ4v) is 2.46. The van der Waals surface area contributed by atoms with Gasteiger partial charge in [-0.3, -0.25) is 4.40 Å². The first kappa shape index (κ1) is 12.6. The number of aromatic nitrogens is 2. The molecule has 2 rings (SSSR count). The lowest BCUT2D eigenvalue weighted by Crippen LogP contribution is -2.11. The second-order valence-corrected chi connectivity index (χ2v) is 5.89. The number of imidazole rings is 1. The zero-order valence-electron chi connectivity index (χ0n) is 10.2. The minimum atomic E-state index is -3.60. The van der Waals surface area contributed by atoms with Crippen molar-refractivity contribution >= 4 is 21.5 Å². The summed E-state index contributed by atoms with van der Waals surface area (Å²) in [4.78, 5) is 15.7. The lowest BCUT2D eigenvalue weighted by Gasteiger charge is -2.01. The Morgan fingerprint density at radius 3 is 2.67 bits per heavy atom. The molecule has 0 amide bonds. The predicted molar refractivity (Wildman–Crippen MR) is 64.4 cm³/mol. The maximum atomic E-state index is 11.7. The first-order valence-electron chi connectivity index (χ1n) is 5.11. The molecule has 0 bridgehead atoms. The SMILES string of the molecule is COC(=O)c1c(S(C)(=O)=O)nc2cc(C)ccn12. The number of methoxy groups -OCH3 is 1. The monoisotopic (exact) mass is 268 g/mol. The first-order chi connectivity index (χ1) is 8.34. The van der Waals surface area contributed by atoms with Gasteiger partial charge in [0.2, 0.25) is 0 Å². The summed E-state index contributed by atoms with van der Waals surface area (Å²) in [5.74, 6) is -0.730. The Balaban J connectivity index is 2.89. The molecule has 0 N–H and O–H groups in total. The van der Waals surface area contributed by atoms with Crippen molar-refractivity contribution in [3.63, 3.8) is 0 Å². The summed E-state index contributed by atoms with van der Waals surface area (Å²) in [6.45, 7) is 1.85. The quantitative estimate of drug-likeness (QED) is 0.754. The van der Waals surface area contributed by atoms with Gasteiger partial charge in [-0.2, -0.15) is 0 Å². The van der Waals surface area contributed by atoms with Crippen LogP contribution >= 0.6 is 0 Å². The van der Waals surface area contributed by atoms with Gasteiger partial charge in [-0.25, -0.2) is 18.2 Å². The summed E-state index contributed by atoms with van der Waals surface area (Å²) < 4.78 is 29.3. The number of hydrogen-bond donors (Lipinski definition) is 0. The average molecular weight is 268 g/mol. The number of ether oxygens (including phenoxy) is 1. The molecule has 2 aromatic heterocycles. The highest BCUT2D eigenvalue weighted by molar-refractivity contribution is 7.90. The molecule has 0 atom stereocenters. The summed E-state index contributed by atoms with van der Waals surface area (Å²) in [5, 5.41) is -0.264. The normalized spacial score (nSPS) is 11.7. The van der Waals surface area contributed by atoms with Crippen molar-refractivity contribution in [1.29, 1.82) is 0 Å². The second-order valence-electron chi connectivity index (χ2n) is 3.96. The van der Waals surface area contributed by atoms with E-state index in [4.69, 9.17) is 0 Å². The Labute approximate surface area is 104 Å². The van der Waals surface area contributed by atoms with Gasteiger partial charge < -0.3 is 4.74 Å². The standard InChI is InChI=1S/C11H12N2O4S/c1-7-4-5-13-8(6-7)12-10(18(3,15)16)9(13)11(14)17-2/h4-6H,1-3H3. The van der Waals surface area contributed by atoms with Crippen LogP contribution in [-0.4, -0.2) is 37.1 Å². The minimum absolute atomic E-state index is 0.0741. The molecular weight excluding hydrogens is 256 g/mol. The zero-order valence-corrected chi connectivity index (χ0v) is 11.0. The number of carbonyl (C=O) groups is 1. The van der Waals surface area contributed by atoms with Crippen LogP contribution in [0.2, 0.25) is 0 Å². The largest absolute Gasteiger partial charge is 0.464 e. The molecule has 18 heavy (non-hydrogen) atoms. The van der Waals surface area contributed by atoms with Crippen LogP contribution in [0.1, 0.15) is 16.1 Å². The molecule has 2 heterocycles. The Morgan fingerprint density at radius 1 is 1.44 bits per heavy atom. The fraction of sp³-hybridized carbons (Fsp3) is 0.273. The first-order valence-corrected chi connectivity index (χ1v) is 7.01. The molecule has 0 aliphatic rings. The lowest BCUT2D eigenvalue weighted by atomic mass is 10.3. The smallest absolute Gasteiger partial charge is 0.358 e. The molecule has 6 nitrogen and oxygen atoms in total. The van der Waals surface area contributed by atoms with Crippen LogP contribution in [0.4, 0.5) is 0 Å². The number of aryl methyl sites for hydroxylation is 1. The van der Waals surface area contributed by atoms with Crippen LogP contribution in [0.15, 0.2) is 23.4 Å². The van der Waals surface area contributed by atoms with Crippen molar-refractivity contribution in [1.82, 2.24) is 9.38 Å². The third kappa shape index (κ3) is 1.97. The van der Waals surface area contributed by atoms with Crippen LogP contribution in [0.5, 0.6) is 0 Å². The third-order valence-electron chi connectivity index (χ3n) is 2.48. The van der Waals surface area contributed by atoms with Crippen molar-refractivity contribution in [2.45, 2.75) is 11.9 Å². The van der Waals surface area contributed by atoms with Crippen LogP contribution in [0.3, 0.4) is 0 Å². The van der Waals surface area contributed by atoms with Gasteiger partial charge in [-0.15, -0.1) is 0 Å². The molecular formula is C11H12N2O4S. The highest BCUT2D eigenvalue weighted by Gasteiger charge is 2.26. The lowest BCUT2D eigenvalue weighted by molar-refractivity contribution is 0.0588. The summed E-state index contributed by atoms with van der Waals surface area (Å²) in [7, 11) is -2.40. The molecule has 0 aliphatic heterocycles. The van der Waals surface area contributed by atoms with Crippen molar-refractivity contribution in [2.24, 2.45) is 0 Å². The van der Waals surface area contributed by atoms with Crippen molar-refractivity contribution in [2.75, 3.05) is 13.4 Å². The summed E-state index contributed by atoms with van der Waals surface area (Å²) in [6, 6.07) is 3.45. The topological polar surface area (TPSA) is 77.7 Å². The van der Waals surface area contributed by atoms with Gasteiger partial charge in [0.05, 0.1) is 7.11 Å². The van der Waals surface area contributed by atoms with E-state index in [0.29, 0.717) is 5.65 Å². The molecule has 0 fully saturated rings. The number of fused-ring (bicyclic) bond motifs is 1. The van der Waals surface area contributed by atoms with Crippen LogP contribution in [0, 0.1) is 6.92 Å². The number of nitrogens with zero attached hydrogens (tertiary/aromatic N) is 2. The van der Waals surface area contributed by atoms with E-state index in [9.17, 15) is 13.2 Å². The van der Waals surface area contributed by atoms with Gasteiger partial charge in [0.1, 0.15) is 5.65 Å². The molecule has 0 saturated carbocycles. The second kappa shape index (κ2) is 4.09. The summed E-state index contributed by atoms with van der Waals surface area (Å²) in [5.41, 5.74) is 1.25. The van der Waals surface area contributed by atoms with Crippen molar-refractivity contribution in [3.8, 4) is 0 Å². The van der Waals surface area contributed by atoms with E-state index < -0.39 is 15.8 Å². The highest BCUT2D eigenvalue weighted by atomic mass is 32.2. The summed E-state index contributed by atoms with van der Waals surface area (Å²) >= 11 is 0. The predicted octanol–water partition coefficient (Wildman–Crippen LogP) is 0.833. The van der Waals surface area contributed by atoms with Crippen LogP contribution in [0.25, 0.3) is 5.65 Å². The Kier molecular flexibility index (Phi) is 2.86. The molecule has 2 aromatic rings. The zero-order chi connectivity index (χ0) is 13.5.